The quantitative estimate of drug-likeness (QED) is 0.623. The average Bonchev–Trinajstić information content (AvgIpc) is 2.25. The molecule has 5 heteroatoms. The van der Waals surface area contributed by atoms with Crippen molar-refractivity contribution in [3.8, 4) is 6.07 Å². The molecule has 1 rings (SSSR count). The standard InChI is InChI=1S/C10H13N3OS/c1-3-5-15-10-12-8(4-2)7(6-11)9(14)13-10/h3-5H2,1-2H3,(H,12,13,14). The molecular formula is C10H13N3OS. The van der Waals surface area contributed by atoms with Crippen LogP contribution in [-0.4, -0.2) is 15.7 Å². The number of thioether (sulfide) groups is 1. The molecule has 0 saturated heterocycles. The van der Waals surface area contributed by atoms with Gasteiger partial charge >= 0.3 is 0 Å². The highest BCUT2D eigenvalue weighted by molar-refractivity contribution is 7.99. The number of nitriles is 1. The fourth-order valence-corrected chi connectivity index (χ4v) is 1.87. The Labute approximate surface area is 92.7 Å². The Morgan fingerprint density at radius 1 is 1.53 bits per heavy atom. The van der Waals surface area contributed by atoms with Gasteiger partial charge in [-0.05, 0) is 12.8 Å². The van der Waals surface area contributed by atoms with Crippen molar-refractivity contribution < 1.29 is 0 Å². The maximum absolute atomic E-state index is 11.5. The first kappa shape index (κ1) is 11.8. The molecule has 0 aliphatic carbocycles. The normalized spacial score (nSPS) is 9.93. The van der Waals surface area contributed by atoms with E-state index in [9.17, 15) is 4.79 Å². The van der Waals surface area contributed by atoms with Gasteiger partial charge in [0.05, 0.1) is 5.69 Å². The van der Waals surface area contributed by atoms with E-state index in [2.05, 4.69) is 16.9 Å². The van der Waals surface area contributed by atoms with Crippen molar-refractivity contribution in [2.45, 2.75) is 31.8 Å². The summed E-state index contributed by atoms with van der Waals surface area (Å²) < 4.78 is 0. The van der Waals surface area contributed by atoms with E-state index in [1.807, 2.05) is 13.0 Å². The lowest BCUT2D eigenvalue weighted by Crippen LogP contribution is -2.16. The zero-order valence-electron chi connectivity index (χ0n) is 8.83. The third-order valence-corrected chi connectivity index (χ3v) is 2.94. The highest BCUT2D eigenvalue weighted by Crippen LogP contribution is 2.13. The first-order valence-electron chi connectivity index (χ1n) is 4.89. The number of aromatic amines is 1. The fourth-order valence-electron chi connectivity index (χ4n) is 1.14. The Morgan fingerprint density at radius 2 is 2.27 bits per heavy atom. The Kier molecular flexibility index (Phi) is 4.37. The lowest BCUT2D eigenvalue weighted by molar-refractivity contribution is 0.858. The molecule has 0 atom stereocenters. The monoisotopic (exact) mass is 223 g/mol. The zero-order chi connectivity index (χ0) is 11.3. The van der Waals surface area contributed by atoms with Gasteiger partial charge in [-0.1, -0.05) is 25.6 Å². The summed E-state index contributed by atoms with van der Waals surface area (Å²) in [7, 11) is 0. The summed E-state index contributed by atoms with van der Waals surface area (Å²) in [6.07, 6.45) is 1.63. The number of aryl methyl sites for hydroxylation is 1. The predicted molar refractivity (Wildman–Crippen MR) is 60.0 cm³/mol. The zero-order valence-corrected chi connectivity index (χ0v) is 9.65. The molecular weight excluding hydrogens is 210 g/mol. The topological polar surface area (TPSA) is 69.5 Å². The molecule has 1 heterocycles. The van der Waals surface area contributed by atoms with Crippen LogP contribution in [0.3, 0.4) is 0 Å². The number of nitrogens with one attached hydrogen (secondary N) is 1. The van der Waals surface area contributed by atoms with Crippen molar-refractivity contribution in [1.29, 1.82) is 5.26 Å². The highest BCUT2D eigenvalue weighted by atomic mass is 32.2. The molecule has 0 saturated carbocycles. The second-order valence-electron chi connectivity index (χ2n) is 3.01. The van der Waals surface area contributed by atoms with Crippen LogP contribution in [0.1, 0.15) is 31.5 Å². The van der Waals surface area contributed by atoms with Gasteiger partial charge in [-0.15, -0.1) is 0 Å². The van der Waals surface area contributed by atoms with Gasteiger partial charge < -0.3 is 4.98 Å². The summed E-state index contributed by atoms with van der Waals surface area (Å²) >= 11 is 1.51. The Hall–Kier alpha value is -1.28. The average molecular weight is 223 g/mol. The van der Waals surface area contributed by atoms with Crippen LogP contribution in [0.4, 0.5) is 0 Å². The van der Waals surface area contributed by atoms with Gasteiger partial charge in [-0.25, -0.2) is 4.98 Å². The minimum Gasteiger partial charge on any atom is -0.300 e. The second-order valence-corrected chi connectivity index (χ2v) is 4.09. The molecule has 0 unspecified atom stereocenters. The molecule has 1 aromatic rings. The Balaban J connectivity index is 3.10. The number of aromatic nitrogens is 2. The molecule has 1 aromatic heterocycles. The van der Waals surface area contributed by atoms with Crippen molar-refractivity contribution in [3.05, 3.63) is 21.6 Å². The molecule has 0 radical (unpaired) electrons. The molecule has 0 aliphatic rings. The van der Waals surface area contributed by atoms with Crippen LogP contribution in [0.15, 0.2) is 9.95 Å². The molecule has 0 amide bonds. The van der Waals surface area contributed by atoms with Crippen molar-refractivity contribution in [3.63, 3.8) is 0 Å². The van der Waals surface area contributed by atoms with Crippen molar-refractivity contribution in [2.24, 2.45) is 0 Å². The van der Waals surface area contributed by atoms with Crippen LogP contribution in [0.5, 0.6) is 0 Å². The van der Waals surface area contributed by atoms with E-state index in [4.69, 9.17) is 5.26 Å². The van der Waals surface area contributed by atoms with E-state index >= 15 is 0 Å². The van der Waals surface area contributed by atoms with E-state index in [0.717, 1.165) is 12.2 Å². The number of rotatable bonds is 4. The van der Waals surface area contributed by atoms with Crippen LogP contribution in [0.25, 0.3) is 0 Å². The van der Waals surface area contributed by atoms with E-state index < -0.39 is 0 Å². The van der Waals surface area contributed by atoms with Crippen molar-refractivity contribution >= 4 is 11.8 Å². The summed E-state index contributed by atoms with van der Waals surface area (Å²) in [5.41, 5.74) is 0.390. The summed E-state index contributed by atoms with van der Waals surface area (Å²) in [6.45, 7) is 3.95. The summed E-state index contributed by atoms with van der Waals surface area (Å²) in [5.74, 6) is 0.915. The van der Waals surface area contributed by atoms with Crippen LogP contribution >= 0.6 is 11.8 Å². The Bertz CT molecular complexity index is 433. The minimum absolute atomic E-state index is 0.137. The number of H-pyrrole nitrogens is 1. The number of hydrogen-bond acceptors (Lipinski definition) is 4. The van der Waals surface area contributed by atoms with Crippen molar-refractivity contribution in [2.75, 3.05) is 5.75 Å². The fraction of sp³-hybridized carbons (Fsp3) is 0.500. The van der Waals surface area contributed by atoms with Gasteiger partial charge in [0.1, 0.15) is 11.6 Å². The molecule has 0 spiro atoms. The van der Waals surface area contributed by atoms with Gasteiger partial charge in [0.25, 0.3) is 5.56 Å². The Morgan fingerprint density at radius 3 is 2.80 bits per heavy atom. The third kappa shape index (κ3) is 2.83. The molecule has 4 nitrogen and oxygen atoms in total. The molecule has 0 aliphatic heterocycles. The highest BCUT2D eigenvalue weighted by Gasteiger charge is 2.09. The molecule has 80 valence electrons. The summed E-state index contributed by atoms with van der Waals surface area (Å²) in [6, 6.07) is 1.88. The minimum atomic E-state index is -0.331. The van der Waals surface area contributed by atoms with Gasteiger partial charge in [0, 0.05) is 5.75 Å². The third-order valence-electron chi connectivity index (χ3n) is 1.86. The number of hydrogen-bond donors (Lipinski definition) is 1. The van der Waals surface area contributed by atoms with Crippen LogP contribution < -0.4 is 5.56 Å². The van der Waals surface area contributed by atoms with Crippen molar-refractivity contribution in [1.82, 2.24) is 9.97 Å². The second kappa shape index (κ2) is 5.56. The van der Waals surface area contributed by atoms with Crippen LogP contribution in [0, 0.1) is 11.3 Å². The van der Waals surface area contributed by atoms with E-state index in [-0.39, 0.29) is 11.1 Å². The van der Waals surface area contributed by atoms with Gasteiger partial charge in [-0.3, -0.25) is 4.79 Å². The summed E-state index contributed by atoms with van der Waals surface area (Å²) in [4.78, 5) is 18.3. The molecule has 0 bridgehead atoms. The van der Waals surface area contributed by atoms with E-state index in [1.165, 1.54) is 11.8 Å². The van der Waals surface area contributed by atoms with E-state index in [0.29, 0.717) is 17.3 Å². The van der Waals surface area contributed by atoms with Gasteiger partial charge in [-0.2, -0.15) is 5.26 Å². The predicted octanol–water partition coefficient (Wildman–Crippen LogP) is 1.71. The van der Waals surface area contributed by atoms with Crippen LogP contribution in [-0.2, 0) is 6.42 Å². The summed E-state index contributed by atoms with van der Waals surface area (Å²) in [5, 5.41) is 9.39. The van der Waals surface area contributed by atoms with Gasteiger partial charge in [0.15, 0.2) is 5.16 Å². The maximum Gasteiger partial charge on any atom is 0.269 e. The molecule has 1 N–H and O–H groups in total. The SMILES string of the molecule is CCCSc1nc(CC)c(C#N)c(=O)[nH]1. The van der Waals surface area contributed by atoms with Crippen LogP contribution in [0.2, 0.25) is 0 Å². The first-order valence-corrected chi connectivity index (χ1v) is 5.87. The van der Waals surface area contributed by atoms with Gasteiger partial charge in [0.2, 0.25) is 0 Å². The molecule has 15 heavy (non-hydrogen) atoms. The number of nitrogens with zero attached hydrogens (tertiary/aromatic N) is 2. The largest absolute Gasteiger partial charge is 0.300 e. The molecule has 0 fully saturated rings. The first-order chi connectivity index (χ1) is 7.22. The van der Waals surface area contributed by atoms with E-state index in [1.54, 1.807) is 0 Å². The molecule has 0 aromatic carbocycles. The smallest absolute Gasteiger partial charge is 0.269 e. The lowest BCUT2D eigenvalue weighted by atomic mass is 10.2. The lowest BCUT2D eigenvalue weighted by Gasteiger charge is -2.02. The maximum atomic E-state index is 11.5.